The number of nitrogens with two attached hydrogens (primary N) is 2. The van der Waals surface area contributed by atoms with Crippen LogP contribution in [0.3, 0.4) is 0 Å². The first-order valence-electron chi connectivity index (χ1n) is 9.90. The highest BCUT2D eigenvalue weighted by Crippen LogP contribution is 2.40. The van der Waals surface area contributed by atoms with Crippen LogP contribution in [0.4, 0.5) is 0 Å². The van der Waals surface area contributed by atoms with Crippen LogP contribution in [0, 0.1) is 0 Å². The molecule has 2 aromatic carbocycles. The number of ether oxygens (including phenoxy) is 1. The van der Waals surface area contributed by atoms with Crippen LogP contribution in [0.1, 0.15) is 28.8 Å². The van der Waals surface area contributed by atoms with Crippen molar-refractivity contribution >= 4 is 32.8 Å². The highest BCUT2D eigenvalue weighted by molar-refractivity contribution is 7.88. The summed E-state index contributed by atoms with van der Waals surface area (Å²) in [5, 5.41) is 5.65. The number of hydrogen-bond acceptors (Lipinski definition) is 5. The van der Waals surface area contributed by atoms with Crippen molar-refractivity contribution in [3.05, 3.63) is 65.6 Å². The largest absolute Gasteiger partial charge is 0.497 e. The summed E-state index contributed by atoms with van der Waals surface area (Å²) in [4.78, 5) is 8.17. The van der Waals surface area contributed by atoms with Gasteiger partial charge in [0, 0.05) is 31.1 Å². The van der Waals surface area contributed by atoms with Crippen LogP contribution in [0.15, 0.2) is 48.7 Å². The number of nitrogens with zero attached hydrogens (tertiary/aromatic N) is 2. The summed E-state index contributed by atoms with van der Waals surface area (Å²) in [6.45, 7) is 0.771. The van der Waals surface area contributed by atoms with Crippen LogP contribution in [0.2, 0.25) is 0 Å². The summed E-state index contributed by atoms with van der Waals surface area (Å²) >= 11 is 0. The number of rotatable bonds is 6. The van der Waals surface area contributed by atoms with E-state index in [1.54, 1.807) is 7.11 Å². The van der Waals surface area contributed by atoms with Gasteiger partial charge >= 0.3 is 0 Å². The minimum Gasteiger partial charge on any atom is -0.497 e. The first-order valence-corrected chi connectivity index (χ1v) is 11.7. The molecule has 1 saturated heterocycles. The maximum Gasteiger partial charge on any atom is 0.211 e. The molecule has 0 bridgehead atoms. The topological polar surface area (TPSA) is 127 Å². The Balaban J connectivity index is 1.74. The van der Waals surface area contributed by atoms with E-state index in [0.29, 0.717) is 13.1 Å². The van der Waals surface area contributed by atoms with Crippen LogP contribution in [0.25, 0.3) is 16.6 Å². The van der Waals surface area contributed by atoms with Crippen LogP contribution in [-0.2, 0) is 10.0 Å². The standard InChI is InChI=1S/C22H25N5O3S/c1-30-17-6-3-14(4-7-17)18-12-27(31(2,28)29)13-19(18)22-25-20-8-5-15(9-21(20)26-22)16(10-23)11-24/h3-11,18-19,23H,12-13,24H2,1-2H3,(H,25,26)/p+1/b16-11+,23-10?/t18?,19-/m0/s1. The van der Waals surface area contributed by atoms with Crippen molar-refractivity contribution in [1.29, 1.82) is 0 Å². The quantitative estimate of drug-likeness (QED) is 0.490. The van der Waals surface area contributed by atoms with Gasteiger partial charge in [0.25, 0.3) is 0 Å². The lowest BCUT2D eigenvalue weighted by molar-refractivity contribution is -0.103. The molecule has 0 aliphatic carbocycles. The molecule has 4 rings (SSSR count). The average molecular weight is 441 g/mol. The molecule has 1 fully saturated rings. The van der Waals surface area contributed by atoms with E-state index in [-0.39, 0.29) is 11.8 Å². The molecule has 1 aliphatic rings. The lowest BCUT2D eigenvalue weighted by Gasteiger charge is -2.17. The van der Waals surface area contributed by atoms with E-state index in [1.807, 2.05) is 42.5 Å². The van der Waals surface area contributed by atoms with Crippen LogP contribution < -0.4 is 15.9 Å². The smallest absolute Gasteiger partial charge is 0.211 e. The molecule has 2 heterocycles. The highest BCUT2D eigenvalue weighted by atomic mass is 32.2. The number of allylic oxidation sites excluding steroid dienone is 1. The number of H-pyrrole nitrogens is 1. The Morgan fingerprint density at radius 1 is 1.23 bits per heavy atom. The number of benzene rings is 2. The van der Waals surface area contributed by atoms with Crippen molar-refractivity contribution in [3.63, 3.8) is 0 Å². The van der Waals surface area contributed by atoms with Crippen molar-refractivity contribution in [1.82, 2.24) is 14.3 Å². The molecule has 0 saturated carbocycles. The molecule has 5 N–H and O–H groups in total. The first kappa shape index (κ1) is 21.1. The number of hydrogen-bond donors (Lipinski definition) is 3. The second-order valence-corrected chi connectivity index (χ2v) is 9.69. The molecule has 0 amide bonds. The Labute approximate surface area is 181 Å². The van der Waals surface area contributed by atoms with Gasteiger partial charge in [0.2, 0.25) is 10.0 Å². The molecule has 1 unspecified atom stereocenters. The van der Waals surface area contributed by atoms with Gasteiger partial charge in [0.1, 0.15) is 11.6 Å². The maximum atomic E-state index is 12.3. The zero-order valence-corrected chi connectivity index (χ0v) is 18.3. The summed E-state index contributed by atoms with van der Waals surface area (Å²) in [6, 6.07) is 13.5. The Bertz CT molecular complexity index is 1250. The number of imidazole rings is 1. The van der Waals surface area contributed by atoms with Crippen LogP contribution in [-0.4, -0.2) is 55.4 Å². The molecular weight excluding hydrogens is 414 g/mol. The van der Waals surface area contributed by atoms with E-state index in [0.717, 1.165) is 39.3 Å². The molecule has 0 radical (unpaired) electrons. The van der Waals surface area contributed by atoms with E-state index in [1.165, 1.54) is 23.0 Å². The van der Waals surface area contributed by atoms with Gasteiger partial charge in [-0.05, 0) is 35.4 Å². The van der Waals surface area contributed by atoms with E-state index < -0.39 is 10.0 Å². The van der Waals surface area contributed by atoms with Gasteiger partial charge in [-0.2, -0.15) is 0 Å². The zero-order chi connectivity index (χ0) is 22.2. The molecule has 8 nitrogen and oxygen atoms in total. The fourth-order valence-corrected chi connectivity index (χ4v) is 5.00. The molecule has 2 atom stereocenters. The Morgan fingerprint density at radius 2 is 1.94 bits per heavy atom. The number of methoxy groups -OCH3 is 1. The fourth-order valence-electron chi connectivity index (χ4n) is 4.14. The van der Waals surface area contributed by atoms with Gasteiger partial charge in [-0.25, -0.2) is 17.7 Å². The van der Waals surface area contributed by atoms with Gasteiger partial charge in [0.15, 0.2) is 6.21 Å². The third-order valence-corrected chi connectivity index (χ3v) is 7.08. The van der Waals surface area contributed by atoms with Gasteiger partial charge in [-0.15, -0.1) is 0 Å². The number of aromatic amines is 1. The van der Waals surface area contributed by atoms with Crippen molar-refractivity contribution < 1.29 is 18.6 Å². The Hall–Kier alpha value is -3.17. The number of fused-ring (bicyclic) bond motifs is 1. The average Bonchev–Trinajstić information content (AvgIpc) is 3.38. The molecule has 1 aliphatic heterocycles. The lowest BCUT2D eigenvalue weighted by atomic mass is 9.88. The molecular formula is C22H26N5O3S+. The van der Waals surface area contributed by atoms with Gasteiger partial charge < -0.3 is 15.5 Å². The fraction of sp³-hybridized carbons (Fsp3) is 0.273. The van der Waals surface area contributed by atoms with Crippen molar-refractivity contribution in [2.24, 2.45) is 5.73 Å². The van der Waals surface area contributed by atoms with Crippen LogP contribution in [0.5, 0.6) is 5.75 Å². The summed E-state index contributed by atoms with van der Waals surface area (Å²) in [5.74, 6) is 1.38. The first-order chi connectivity index (χ1) is 14.8. The summed E-state index contributed by atoms with van der Waals surface area (Å²) in [7, 11) is -1.70. The SMILES string of the molecule is COc1ccc(C2CN(S(C)(=O)=O)C[C@@H]2c2nc3ccc(/C(C=[NH2+])=C/N)cc3[nH]2)cc1. The second kappa shape index (κ2) is 8.16. The minimum atomic E-state index is -3.32. The number of sulfonamides is 1. The van der Waals surface area contributed by atoms with Crippen molar-refractivity contribution in [2.75, 3.05) is 26.5 Å². The van der Waals surface area contributed by atoms with Crippen molar-refractivity contribution in [3.8, 4) is 5.75 Å². The molecule has 162 valence electrons. The third-order valence-electron chi connectivity index (χ3n) is 5.84. The number of aromatic nitrogens is 2. The lowest BCUT2D eigenvalue weighted by Crippen LogP contribution is -2.30. The Morgan fingerprint density at radius 3 is 2.55 bits per heavy atom. The minimum absolute atomic E-state index is 0.0301. The molecule has 1 aromatic heterocycles. The summed E-state index contributed by atoms with van der Waals surface area (Å²) < 4.78 is 31.4. The van der Waals surface area contributed by atoms with Gasteiger partial charge in [0.05, 0.1) is 30.0 Å². The van der Waals surface area contributed by atoms with Gasteiger partial charge in [-0.3, -0.25) is 5.41 Å². The van der Waals surface area contributed by atoms with Gasteiger partial charge in [-0.1, -0.05) is 18.2 Å². The van der Waals surface area contributed by atoms with E-state index >= 15 is 0 Å². The van der Waals surface area contributed by atoms with E-state index in [9.17, 15) is 8.42 Å². The summed E-state index contributed by atoms with van der Waals surface area (Å²) in [6.07, 6.45) is 4.16. The summed E-state index contributed by atoms with van der Waals surface area (Å²) in [5.41, 5.74) is 9.95. The second-order valence-electron chi connectivity index (χ2n) is 7.71. The third kappa shape index (κ3) is 4.06. The molecule has 31 heavy (non-hydrogen) atoms. The normalized spacial score (nSPS) is 20.3. The predicted octanol–water partition coefficient (Wildman–Crippen LogP) is 0.844. The monoisotopic (exact) mass is 440 g/mol. The van der Waals surface area contributed by atoms with E-state index in [2.05, 4.69) is 4.98 Å². The molecule has 0 spiro atoms. The Kier molecular flexibility index (Phi) is 5.55. The van der Waals surface area contributed by atoms with Crippen molar-refractivity contribution in [2.45, 2.75) is 11.8 Å². The van der Waals surface area contributed by atoms with E-state index in [4.69, 9.17) is 20.9 Å². The zero-order valence-electron chi connectivity index (χ0n) is 17.4. The highest BCUT2D eigenvalue weighted by Gasteiger charge is 2.40. The van der Waals surface area contributed by atoms with Crippen LogP contribution >= 0.6 is 0 Å². The molecule has 3 aromatic rings. The predicted molar refractivity (Wildman–Crippen MR) is 121 cm³/mol. The molecule has 9 heteroatoms. The maximum absolute atomic E-state index is 12.3. The number of nitrogens with one attached hydrogen (secondary N) is 1.